The van der Waals surface area contributed by atoms with E-state index in [4.69, 9.17) is 5.11 Å². The average molecular weight is 353 g/mol. The van der Waals surface area contributed by atoms with Crippen molar-refractivity contribution in [2.75, 3.05) is 4.90 Å². The Morgan fingerprint density at radius 2 is 1.72 bits per heavy atom. The Balaban J connectivity index is 1.90. The van der Waals surface area contributed by atoms with Crippen LogP contribution in [0.15, 0.2) is 47.4 Å². The number of rotatable bonds is 3. The summed E-state index contributed by atoms with van der Waals surface area (Å²) in [4.78, 5) is 37.2. The van der Waals surface area contributed by atoms with Gasteiger partial charge in [-0.05, 0) is 72.6 Å². The fourth-order valence-electron chi connectivity index (χ4n) is 2.43. The van der Waals surface area contributed by atoms with Crippen LogP contribution in [0.2, 0.25) is 0 Å². The molecule has 0 bridgehead atoms. The lowest BCUT2D eigenvalue weighted by Gasteiger charge is -2.14. The average Bonchev–Trinajstić information content (AvgIpc) is 2.85. The molecule has 0 saturated carbocycles. The van der Waals surface area contributed by atoms with Crippen LogP contribution in [0.1, 0.15) is 27.0 Å². The molecule has 0 aromatic heterocycles. The summed E-state index contributed by atoms with van der Waals surface area (Å²) in [6, 6.07) is 11.6. The molecule has 1 heterocycles. The van der Waals surface area contributed by atoms with E-state index in [-0.39, 0.29) is 16.7 Å². The van der Waals surface area contributed by atoms with Crippen molar-refractivity contribution in [1.29, 1.82) is 0 Å². The largest absolute Gasteiger partial charge is 0.478 e. The minimum Gasteiger partial charge on any atom is -0.478 e. The smallest absolute Gasteiger partial charge is 0.335 e. The third kappa shape index (κ3) is 3.34. The highest BCUT2D eigenvalue weighted by Crippen LogP contribution is 2.36. The number of hydrogen-bond acceptors (Lipinski definition) is 4. The van der Waals surface area contributed by atoms with Crippen LogP contribution in [0, 0.1) is 13.8 Å². The number of carbonyl (C=O) groups excluding carboxylic acids is 2. The molecule has 1 fully saturated rings. The van der Waals surface area contributed by atoms with Gasteiger partial charge < -0.3 is 5.11 Å². The Bertz CT molecular complexity index is 916. The van der Waals surface area contributed by atoms with Crippen LogP contribution in [0.5, 0.6) is 0 Å². The quantitative estimate of drug-likeness (QED) is 0.835. The van der Waals surface area contributed by atoms with Crippen LogP contribution in [0.25, 0.3) is 6.08 Å². The summed E-state index contributed by atoms with van der Waals surface area (Å²) in [5, 5.41) is 8.57. The molecule has 0 spiro atoms. The van der Waals surface area contributed by atoms with Gasteiger partial charge in [-0.2, -0.15) is 0 Å². The first-order valence-corrected chi connectivity index (χ1v) is 8.37. The lowest BCUT2D eigenvalue weighted by atomic mass is 10.1. The molecule has 0 atom stereocenters. The van der Waals surface area contributed by atoms with E-state index in [0.29, 0.717) is 16.2 Å². The van der Waals surface area contributed by atoms with E-state index in [0.717, 1.165) is 27.8 Å². The molecule has 1 saturated heterocycles. The fraction of sp³-hybridized carbons (Fsp3) is 0.105. The van der Waals surface area contributed by atoms with E-state index in [1.54, 1.807) is 24.3 Å². The van der Waals surface area contributed by atoms with Crippen molar-refractivity contribution in [3.8, 4) is 0 Å². The summed E-state index contributed by atoms with van der Waals surface area (Å²) >= 11 is 0.874. The number of benzene rings is 2. The van der Waals surface area contributed by atoms with E-state index >= 15 is 0 Å². The van der Waals surface area contributed by atoms with Crippen molar-refractivity contribution < 1.29 is 19.5 Å². The predicted molar refractivity (Wildman–Crippen MR) is 97.8 cm³/mol. The third-order valence-corrected chi connectivity index (χ3v) is 4.87. The summed E-state index contributed by atoms with van der Waals surface area (Å²) in [6.07, 6.45) is 1.59. The van der Waals surface area contributed by atoms with E-state index in [2.05, 4.69) is 0 Å². The van der Waals surface area contributed by atoms with E-state index in [1.165, 1.54) is 12.1 Å². The van der Waals surface area contributed by atoms with Crippen LogP contribution >= 0.6 is 11.8 Å². The number of amides is 2. The SMILES string of the molecule is Cc1ccc(N2C(=O)S/C(=C/c3ccc(C(=O)O)cc3)C2=O)cc1C. The highest BCUT2D eigenvalue weighted by atomic mass is 32.2. The predicted octanol–water partition coefficient (Wildman–Crippen LogP) is 4.24. The van der Waals surface area contributed by atoms with Crippen molar-refractivity contribution in [2.24, 2.45) is 0 Å². The summed E-state index contributed by atoms with van der Waals surface area (Å²) < 4.78 is 0. The highest BCUT2D eigenvalue weighted by molar-refractivity contribution is 8.19. The minimum atomic E-state index is -1.01. The van der Waals surface area contributed by atoms with Crippen molar-refractivity contribution in [2.45, 2.75) is 13.8 Å². The second-order valence-electron chi connectivity index (χ2n) is 5.71. The Kier molecular flexibility index (Phi) is 4.46. The van der Waals surface area contributed by atoms with Gasteiger partial charge in [-0.1, -0.05) is 18.2 Å². The molecule has 2 aromatic carbocycles. The number of carboxylic acids is 1. The molecule has 5 nitrogen and oxygen atoms in total. The summed E-state index contributed by atoms with van der Waals surface area (Å²) in [7, 11) is 0. The van der Waals surface area contributed by atoms with Gasteiger partial charge in [0.15, 0.2) is 0 Å². The zero-order valence-electron chi connectivity index (χ0n) is 13.6. The van der Waals surface area contributed by atoms with Crippen LogP contribution in [-0.2, 0) is 4.79 Å². The second-order valence-corrected chi connectivity index (χ2v) is 6.71. The Labute approximate surface area is 149 Å². The van der Waals surface area contributed by atoms with Crippen LogP contribution in [0.4, 0.5) is 10.5 Å². The van der Waals surface area contributed by atoms with Gasteiger partial charge in [0.2, 0.25) is 0 Å². The molecule has 0 unspecified atom stereocenters. The first-order valence-electron chi connectivity index (χ1n) is 7.55. The van der Waals surface area contributed by atoms with Gasteiger partial charge in [-0.3, -0.25) is 9.59 Å². The molecule has 2 aromatic rings. The van der Waals surface area contributed by atoms with E-state index in [9.17, 15) is 14.4 Å². The lowest BCUT2D eigenvalue weighted by Crippen LogP contribution is -2.27. The summed E-state index contributed by atoms with van der Waals surface area (Å²) in [5.74, 6) is -1.39. The lowest BCUT2D eigenvalue weighted by molar-refractivity contribution is -0.113. The van der Waals surface area contributed by atoms with Crippen LogP contribution < -0.4 is 4.90 Å². The number of imide groups is 1. The molecule has 2 amide bonds. The van der Waals surface area contributed by atoms with E-state index < -0.39 is 5.97 Å². The number of thioether (sulfide) groups is 1. The molecule has 1 aliphatic rings. The number of carboxylic acid groups (broad SMARTS) is 1. The Morgan fingerprint density at radius 1 is 1.04 bits per heavy atom. The third-order valence-electron chi connectivity index (χ3n) is 4.00. The van der Waals surface area contributed by atoms with E-state index in [1.807, 2.05) is 26.0 Å². The van der Waals surface area contributed by atoms with Crippen molar-refractivity contribution >= 4 is 40.6 Å². The van der Waals surface area contributed by atoms with Gasteiger partial charge in [0.25, 0.3) is 11.1 Å². The number of aromatic carboxylic acids is 1. The number of aryl methyl sites for hydroxylation is 2. The zero-order valence-corrected chi connectivity index (χ0v) is 14.5. The highest BCUT2D eigenvalue weighted by Gasteiger charge is 2.36. The van der Waals surface area contributed by atoms with Crippen LogP contribution in [0.3, 0.4) is 0 Å². The standard InChI is InChI=1S/C19H15NO4S/c1-11-3-8-15(9-12(11)2)20-17(21)16(25-19(20)24)10-13-4-6-14(7-5-13)18(22)23/h3-10H,1-2H3,(H,22,23)/b16-10+. The van der Waals surface area contributed by atoms with Gasteiger partial charge in [0.1, 0.15) is 0 Å². The molecule has 126 valence electrons. The molecule has 1 aliphatic heterocycles. The number of anilines is 1. The van der Waals surface area contributed by atoms with Crippen molar-refractivity contribution in [3.05, 3.63) is 69.6 Å². The molecule has 0 radical (unpaired) electrons. The first-order chi connectivity index (χ1) is 11.9. The van der Waals surface area contributed by atoms with Gasteiger partial charge >= 0.3 is 5.97 Å². The van der Waals surface area contributed by atoms with Gasteiger partial charge in [0.05, 0.1) is 16.2 Å². The summed E-state index contributed by atoms with van der Waals surface area (Å²) in [5.41, 5.74) is 3.47. The number of nitrogens with zero attached hydrogens (tertiary/aromatic N) is 1. The number of hydrogen-bond donors (Lipinski definition) is 1. The molecule has 25 heavy (non-hydrogen) atoms. The van der Waals surface area contributed by atoms with Crippen molar-refractivity contribution in [1.82, 2.24) is 0 Å². The van der Waals surface area contributed by atoms with Crippen molar-refractivity contribution in [3.63, 3.8) is 0 Å². The first kappa shape index (κ1) is 17.0. The molecule has 6 heteroatoms. The number of carbonyl (C=O) groups is 3. The topological polar surface area (TPSA) is 74.7 Å². The second kappa shape index (κ2) is 6.57. The maximum atomic E-state index is 12.6. The van der Waals surface area contributed by atoms with Crippen LogP contribution in [-0.4, -0.2) is 22.2 Å². The van der Waals surface area contributed by atoms with Gasteiger partial charge in [-0.25, -0.2) is 9.69 Å². The zero-order chi connectivity index (χ0) is 18.1. The molecular formula is C19H15NO4S. The van der Waals surface area contributed by atoms with Gasteiger partial charge in [0, 0.05) is 0 Å². The molecule has 1 N–H and O–H groups in total. The maximum Gasteiger partial charge on any atom is 0.335 e. The van der Waals surface area contributed by atoms with Gasteiger partial charge in [-0.15, -0.1) is 0 Å². The normalized spacial score (nSPS) is 15.9. The monoisotopic (exact) mass is 353 g/mol. The molecule has 0 aliphatic carbocycles. The summed E-state index contributed by atoms with van der Waals surface area (Å²) in [6.45, 7) is 3.89. The minimum absolute atomic E-state index is 0.167. The molecular weight excluding hydrogens is 338 g/mol. The fourth-order valence-corrected chi connectivity index (χ4v) is 3.27. The molecule has 3 rings (SSSR count). The Hall–Kier alpha value is -2.86. The maximum absolute atomic E-state index is 12.6. The Morgan fingerprint density at radius 3 is 2.32 bits per heavy atom.